The Balaban J connectivity index is 1.28. The molecule has 7 nitrogen and oxygen atoms in total. The molecule has 0 aliphatic carbocycles. The van der Waals surface area contributed by atoms with E-state index in [-0.39, 0.29) is 19.1 Å². The van der Waals surface area contributed by atoms with Crippen molar-refractivity contribution in [3.8, 4) is 11.5 Å². The van der Waals surface area contributed by atoms with Crippen LogP contribution in [0.2, 0.25) is 10.0 Å². The van der Waals surface area contributed by atoms with Crippen molar-refractivity contribution in [2.45, 2.75) is 26.7 Å². The molecule has 1 N–H and O–H groups in total. The lowest BCUT2D eigenvalue weighted by molar-refractivity contribution is 0.0992. The SMILES string of the molecule is CCc1ccc(OCn2cc(NC(=O)c3ccc(COc4ccc(Cl)cc4Cl)o3)cn2)cc1. The Bertz CT molecular complexity index is 1230. The lowest BCUT2D eigenvalue weighted by Crippen LogP contribution is -2.10. The minimum Gasteiger partial charge on any atom is -0.484 e. The summed E-state index contributed by atoms with van der Waals surface area (Å²) in [6.45, 7) is 2.43. The van der Waals surface area contributed by atoms with Crippen LogP contribution in [0.1, 0.15) is 28.8 Å². The molecule has 0 spiro atoms. The van der Waals surface area contributed by atoms with Crippen molar-refractivity contribution < 1.29 is 18.7 Å². The second-order valence-electron chi connectivity index (χ2n) is 7.12. The first-order chi connectivity index (χ1) is 16.0. The van der Waals surface area contributed by atoms with Gasteiger partial charge in [0.15, 0.2) is 12.5 Å². The van der Waals surface area contributed by atoms with Crippen molar-refractivity contribution in [2.24, 2.45) is 0 Å². The zero-order chi connectivity index (χ0) is 23.2. The van der Waals surface area contributed by atoms with Gasteiger partial charge in [-0.15, -0.1) is 0 Å². The summed E-state index contributed by atoms with van der Waals surface area (Å²) in [5.74, 6) is 1.44. The number of nitrogens with zero attached hydrogens (tertiary/aromatic N) is 2. The number of carbonyl (C=O) groups excluding carboxylic acids is 1. The van der Waals surface area contributed by atoms with Crippen LogP contribution in [0.25, 0.3) is 0 Å². The molecule has 170 valence electrons. The summed E-state index contributed by atoms with van der Waals surface area (Å²) in [6, 6.07) is 16.1. The number of aryl methyl sites for hydroxylation is 1. The van der Waals surface area contributed by atoms with E-state index in [0.717, 1.165) is 12.2 Å². The molecule has 0 fully saturated rings. The molecule has 4 rings (SSSR count). The fourth-order valence-electron chi connectivity index (χ4n) is 2.97. The van der Waals surface area contributed by atoms with Crippen molar-refractivity contribution in [1.29, 1.82) is 0 Å². The summed E-state index contributed by atoms with van der Waals surface area (Å²) in [5, 5.41) is 7.86. The number of hydrogen-bond donors (Lipinski definition) is 1. The maximum atomic E-state index is 12.5. The molecule has 2 aromatic heterocycles. The number of amides is 1. The number of furan rings is 1. The van der Waals surface area contributed by atoms with Crippen molar-refractivity contribution in [1.82, 2.24) is 9.78 Å². The number of aromatic nitrogens is 2. The molecule has 0 bridgehead atoms. The molecular weight excluding hydrogens is 465 g/mol. The molecule has 0 aliphatic rings. The van der Waals surface area contributed by atoms with Crippen molar-refractivity contribution in [3.05, 3.63) is 94.1 Å². The van der Waals surface area contributed by atoms with Crippen LogP contribution in [-0.4, -0.2) is 15.7 Å². The molecule has 2 aromatic carbocycles. The van der Waals surface area contributed by atoms with Gasteiger partial charge in [-0.25, -0.2) is 4.68 Å². The fraction of sp³-hybridized carbons (Fsp3) is 0.167. The van der Waals surface area contributed by atoms with E-state index in [1.54, 1.807) is 41.2 Å². The largest absolute Gasteiger partial charge is 0.484 e. The molecule has 0 saturated carbocycles. The van der Waals surface area contributed by atoms with Crippen LogP contribution >= 0.6 is 23.2 Å². The quantitative estimate of drug-likeness (QED) is 0.304. The van der Waals surface area contributed by atoms with Crippen molar-refractivity contribution in [3.63, 3.8) is 0 Å². The second kappa shape index (κ2) is 10.5. The number of carbonyl (C=O) groups is 1. The Kier molecular flexibility index (Phi) is 7.22. The first kappa shape index (κ1) is 22.8. The maximum absolute atomic E-state index is 12.5. The number of halogens is 2. The van der Waals surface area contributed by atoms with Gasteiger partial charge in [0, 0.05) is 5.02 Å². The van der Waals surface area contributed by atoms with E-state index in [9.17, 15) is 4.79 Å². The number of ether oxygens (including phenoxy) is 2. The highest BCUT2D eigenvalue weighted by molar-refractivity contribution is 6.35. The van der Waals surface area contributed by atoms with Gasteiger partial charge in [0.1, 0.15) is 23.9 Å². The monoisotopic (exact) mass is 485 g/mol. The zero-order valence-electron chi connectivity index (χ0n) is 17.8. The third kappa shape index (κ3) is 6.09. The molecule has 33 heavy (non-hydrogen) atoms. The average molecular weight is 486 g/mol. The van der Waals surface area contributed by atoms with E-state index in [0.29, 0.717) is 27.2 Å². The van der Waals surface area contributed by atoms with Gasteiger partial charge in [-0.2, -0.15) is 5.10 Å². The molecular formula is C24H21Cl2N3O4. The minimum atomic E-state index is -0.401. The number of benzene rings is 2. The first-order valence-electron chi connectivity index (χ1n) is 10.2. The lowest BCUT2D eigenvalue weighted by atomic mass is 10.2. The van der Waals surface area contributed by atoms with E-state index in [2.05, 4.69) is 17.3 Å². The van der Waals surface area contributed by atoms with Crippen molar-refractivity contribution >= 4 is 34.8 Å². The molecule has 2 heterocycles. The standard InChI is InChI=1S/C24H21Cl2N3O4/c1-2-16-3-6-19(7-4-16)32-15-29-13-18(12-27-29)28-24(30)23-10-8-20(33-23)14-31-22-9-5-17(25)11-21(22)26/h3-13H,2,14-15H2,1H3,(H,28,30). The van der Waals surface area contributed by atoms with E-state index in [1.807, 2.05) is 24.3 Å². The van der Waals surface area contributed by atoms with Crippen LogP contribution in [0.15, 0.2) is 71.4 Å². The maximum Gasteiger partial charge on any atom is 0.291 e. The van der Waals surface area contributed by atoms with Gasteiger partial charge in [0.05, 0.1) is 23.1 Å². The van der Waals surface area contributed by atoms with Crippen LogP contribution in [0.5, 0.6) is 11.5 Å². The summed E-state index contributed by atoms with van der Waals surface area (Å²) in [5.41, 5.74) is 1.76. The van der Waals surface area contributed by atoms with Gasteiger partial charge in [0.2, 0.25) is 0 Å². The normalized spacial score (nSPS) is 10.8. The molecule has 1 amide bonds. The third-order valence-electron chi connectivity index (χ3n) is 4.74. The van der Waals surface area contributed by atoms with E-state index in [4.69, 9.17) is 37.1 Å². The fourth-order valence-corrected chi connectivity index (χ4v) is 3.44. The molecule has 0 saturated heterocycles. The highest BCUT2D eigenvalue weighted by Gasteiger charge is 2.13. The lowest BCUT2D eigenvalue weighted by Gasteiger charge is -2.07. The topological polar surface area (TPSA) is 78.5 Å². The predicted molar refractivity (Wildman–Crippen MR) is 126 cm³/mol. The first-order valence-corrected chi connectivity index (χ1v) is 11.0. The Labute approximate surface area is 200 Å². The second-order valence-corrected chi connectivity index (χ2v) is 7.97. The molecule has 4 aromatic rings. The Hall–Kier alpha value is -3.42. The smallest absolute Gasteiger partial charge is 0.291 e. The van der Waals surface area contributed by atoms with Gasteiger partial charge < -0.3 is 19.2 Å². The molecule has 0 atom stereocenters. The summed E-state index contributed by atoms with van der Waals surface area (Å²) < 4.78 is 18.5. The van der Waals surface area contributed by atoms with Crippen LogP contribution < -0.4 is 14.8 Å². The van der Waals surface area contributed by atoms with Crippen LogP contribution in [0, 0.1) is 0 Å². The van der Waals surface area contributed by atoms with E-state index in [1.165, 1.54) is 11.8 Å². The highest BCUT2D eigenvalue weighted by Crippen LogP contribution is 2.28. The Morgan fingerprint density at radius 3 is 2.67 bits per heavy atom. The van der Waals surface area contributed by atoms with Crippen LogP contribution in [0.3, 0.4) is 0 Å². The highest BCUT2D eigenvalue weighted by atomic mass is 35.5. The number of hydrogen-bond acceptors (Lipinski definition) is 5. The minimum absolute atomic E-state index is 0.114. The predicted octanol–water partition coefficient (Wildman–Crippen LogP) is 6.21. The summed E-state index contributed by atoms with van der Waals surface area (Å²) >= 11 is 12.0. The van der Waals surface area contributed by atoms with Gasteiger partial charge in [0.25, 0.3) is 5.91 Å². The number of rotatable bonds is 9. The Morgan fingerprint density at radius 2 is 1.91 bits per heavy atom. The van der Waals surface area contributed by atoms with Gasteiger partial charge >= 0.3 is 0 Å². The summed E-state index contributed by atoms with van der Waals surface area (Å²) in [7, 11) is 0. The van der Waals surface area contributed by atoms with Gasteiger partial charge in [-0.3, -0.25) is 4.79 Å². The molecule has 0 unspecified atom stereocenters. The molecule has 0 aliphatic heterocycles. The van der Waals surface area contributed by atoms with Gasteiger partial charge in [-0.1, -0.05) is 42.3 Å². The molecule has 0 radical (unpaired) electrons. The van der Waals surface area contributed by atoms with Crippen molar-refractivity contribution in [2.75, 3.05) is 5.32 Å². The summed E-state index contributed by atoms with van der Waals surface area (Å²) in [4.78, 5) is 12.5. The van der Waals surface area contributed by atoms with Crippen LogP contribution in [-0.2, 0) is 19.8 Å². The average Bonchev–Trinajstić information content (AvgIpc) is 3.47. The summed E-state index contributed by atoms with van der Waals surface area (Å²) in [6.07, 6.45) is 4.19. The van der Waals surface area contributed by atoms with E-state index >= 15 is 0 Å². The number of anilines is 1. The number of nitrogens with one attached hydrogen (secondary N) is 1. The molecule has 9 heteroatoms. The van der Waals surface area contributed by atoms with Gasteiger partial charge in [-0.05, 0) is 54.4 Å². The van der Waals surface area contributed by atoms with Crippen LogP contribution in [0.4, 0.5) is 5.69 Å². The zero-order valence-corrected chi connectivity index (χ0v) is 19.3. The Morgan fingerprint density at radius 1 is 1.09 bits per heavy atom. The third-order valence-corrected chi connectivity index (χ3v) is 5.27. The van der Waals surface area contributed by atoms with E-state index < -0.39 is 5.91 Å².